The van der Waals surface area contributed by atoms with E-state index in [1.807, 2.05) is 19.1 Å². The quantitative estimate of drug-likeness (QED) is 0.120. The molecule has 66 heavy (non-hydrogen) atoms. The molecule has 2 aromatic carbocycles. The summed E-state index contributed by atoms with van der Waals surface area (Å²) in [4.78, 5) is 25.6. The number of aliphatic hydroxyl groups is 3. The predicted octanol–water partition coefficient (Wildman–Crippen LogP) is 12.1. The number of rotatable bonds is 15. The molecule has 3 N–H and O–H groups in total. The summed E-state index contributed by atoms with van der Waals surface area (Å²) >= 11 is 0. The van der Waals surface area contributed by atoms with Gasteiger partial charge in [0.15, 0.2) is 0 Å². The molecule has 2 spiro atoms. The second kappa shape index (κ2) is 18.6. The Hall–Kier alpha value is -3.26. The van der Waals surface area contributed by atoms with Gasteiger partial charge < -0.3 is 24.8 Å². The summed E-state index contributed by atoms with van der Waals surface area (Å²) in [6, 6.07) is 22.0. The van der Waals surface area contributed by atoms with Crippen LogP contribution in [0.15, 0.2) is 84.5 Å². The van der Waals surface area contributed by atoms with Crippen molar-refractivity contribution in [3.8, 4) is 0 Å². The van der Waals surface area contributed by atoms with Gasteiger partial charge in [-0.15, -0.1) is 0 Å². The van der Waals surface area contributed by atoms with Crippen LogP contribution in [0.5, 0.6) is 0 Å². The van der Waals surface area contributed by atoms with Gasteiger partial charge in [-0.2, -0.15) is 0 Å². The van der Waals surface area contributed by atoms with Crippen molar-refractivity contribution in [1.29, 1.82) is 0 Å². The van der Waals surface area contributed by atoms with Gasteiger partial charge in [-0.1, -0.05) is 119 Å². The van der Waals surface area contributed by atoms with E-state index in [-0.39, 0.29) is 30.9 Å². The smallest absolute Gasteiger partial charge is 0.331 e. The van der Waals surface area contributed by atoms with Gasteiger partial charge in [-0.25, -0.2) is 4.79 Å². The highest BCUT2D eigenvalue weighted by Crippen LogP contribution is 2.76. The molecule has 1 aliphatic heterocycles. The van der Waals surface area contributed by atoms with Crippen LogP contribution in [0.2, 0.25) is 0 Å². The lowest BCUT2D eigenvalue weighted by atomic mass is 9.31. The Labute approximate surface area is 396 Å². The summed E-state index contributed by atoms with van der Waals surface area (Å²) in [5, 5.41) is 41.1. The molecule has 6 aliphatic carbocycles. The van der Waals surface area contributed by atoms with Gasteiger partial charge in [0, 0.05) is 24.3 Å². The molecule has 0 radical (unpaired) electrons. The zero-order valence-electron chi connectivity index (χ0n) is 40.9. The van der Waals surface area contributed by atoms with E-state index >= 15 is 0 Å². The molecule has 7 nitrogen and oxygen atoms in total. The van der Waals surface area contributed by atoms with Crippen LogP contribution in [-0.2, 0) is 30.9 Å². The Morgan fingerprint density at radius 1 is 0.818 bits per heavy atom. The van der Waals surface area contributed by atoms with E-state index in [4.69, 9.17) is 9.47 Å². The largest absolute Gasteiger partial charge is 0.462 e. The lowest BCUT2D eigenvalue weighted by molar-refractivity contribution is -0.362. The van der Waals surface area contributed by atoms with Crippen molar-refractivity contribution in [2.45, 2.75) is 204 Å². The van der Waals surface area contributed by atoms with E-state index in [1.54, 1.807) is 11.6 Å². The molecule has 0 unspecified atom stereocenters. The Bertz CT molecular complexity index is 2080. The topological polar surface area (TPSA) is 113 Å². The third-order valence-corrected chi connectivity index (χ3v) is 20.3. The number of carbonyl (C=O) groups is 2. The second-order valence-corrected chi connectivity index (χ2v) is 24.0. The molecule has 10 atom stereocenters. The van der Waals surface area contributed by atoms with Gasteiger partial charge >= 0.3 is 11.9 Å². The number of hydrogen-bond acceptors (Lipinski definition) is 7. The number of ether oxygens (including phenoxy) is 2. The van der Waals surface area contributed by atoms with Crippen molar-refractivity contribution in [2.24, 2.45) is 45.3 Å². The first kappa shape index (κ1) is 47.8. The summed E-state index contributed by atoms with van der Waals surface area (Å²) in [6.07, 6.45) is 26.6. The monoisotopic (exact) mass is 903 g/mol. The average molecular weight is 903 g/mol. The molecule has 360 valence electrons. The summed E-state index contributed by atoms with van der Waals surface area (Å²) in [6.45, 7) is 8.37. The van der Waals surface area contributed by atoms with Crippen molar-refractivity contribution in [2.75, 3.05) is 6.61 Å². The lowest BCUT2D eigenvalue weighted by Gasteiger charge is -2.76. The number of aryl methyl sites for hydroxylation is 1. The van der Waals surface area contributed by atoms with Crippen LogP contribution in [0.4, 0.5) is 0 Å². The van der Waals surface area contributed by atoms with E-state index in [2.05, 4.69) is 74.5 Å². The standard InChI is InChI=1S/C59H82O7/c1-42(15-14-18-44-16-8-5-9-17-44)21-33-57(63)36-35-53(3)40-49(66-43(2)60)52-54(4,29-26-50(61)59(52,57)58(53,64)34-23-45-37-51(62)65-41-45)47-24-31-55(32-25-47)30-22-46(38-55)39-56(27-12-7-13-28-56)48-19-10-6-11-20-48/h5-6,8-11,16-17,19-20,35-37,42,46-47,49-50,52,61,63-64H,7,12-15,18,21-34,38-41H2,1-4H3/t42-,46-,47?,49-,50-,52+,53+,54+,55?,57+,58-,59+/m1/s1. The number of carbonyl (C=O) groups excluding carboxylic acids is 2. The third-order valence-electron chi connectivity index (χ3n) is 20.3. The molecular weight excluding hydrogens is 821 g/mol. The number of benzene rings is 2. The first-order valence-corrected chi connectivity index (χ1v) is 26.5. The number of hydrogen-bond donors (Lipinski definition) is 3. The van der Waals surface area contributed by atoms with Crippen LogP contribution in [0, 0.1) is 45.3 Å². The molecule has 7 heteroatoms. The molecule has 2 bridgehead atoms. The number of fused-ring (bicyclic) bond motifs is 1. The molecule has 9 rings (SSSR count). The van der Waals surface area contributed by atoms with Crippen LogP contribution >= 0.6 is 0 Å². The van der Waals surface area contributed by atoms with Crippen LogP contribution in [0.25, 0.3) is 0 Å². The third kappa shape index (κ3) is 8.39. The minimum atomic E-state index is -1.59. The van der Waals surface area contributed by atoms with Crippen LogP contribution in [-0.4, -0.2) is 57.3 Å². The highest BCUT2D eigenvalue weighted by molar-refractivity contribution is 5.85. The molecule has 2 aromatic rings. The normalized spacial score (nSPS) is 39.8. The fourth-order valence-electron chi connectivity index (χ4n) is 17.0. The Balaban J connectivity index is 1.02. The second-order valence-electron chi connectivity index (χ2n) is 24.0. The molecule has 7 aliphatic rings. The van der Waals surface area contributed by atoms with Gasteiger partial charge in [-0.05, 0) is 173 Å². The highest BCUT2D eigenvalue weighted by atomic mass is 16.5. The molecule has 5 saturated carbocycles. The molecule has 5 fully saturated rings. The van der Waals surface area contributed by atoms with Crippen molar-refractivity contribution in [1.82, 2.24) is 0 Å². The molecule has 0 aromatic heterocycles. The Morgan fingerprint density at radius 3 is 2.20 bits per heavy atom. The number of cyclic esters (lactones) is 1. The van der Waals surface area contributed by atoms with Gasteiger partial charge in [0.1, 0.15) is 12.7 Å². The molecule has 1 heterocycles. The molecular formula is C59H82O7. The maximum absolute atomic E-state index is 14.1. The maximum atomic E-state index is 14.1. The van der Waals surface area contributed by atoms with Gasteiger partial charge in [0.05, 0.1) is 22.7 Å². The Kier molecular flexibility index (Phi) is 13.4. The van der Waals surface area contributed by atoms with Crippen molar-refractivity contribution < 1.29 is 34.4 Å². The first-order chi connectivity index (χ1) is 31.6. The van der Waals surface area contributed by atoms with Gasteiger partial charge in [0.25, 0.3) is 0 Å². The van der Waals surface area contributed by atoms with Crippen molar-refractivity contribution in [3.05, 3.63) is 95.6 Å². The zero-order valence-corrected chi connectivity index (χ0v) is 40.9. The van der Waals surface area contributed by atoms with Gasteiger partial charge in [0.2, 0.25) is 0 Å². The van der Waals surface area contributed by atoms with E-state index in [1.165, 1.54) is 83.1 Å². The van der Waals surface area contributed by atoms with Crippen LogP contribution in [0.3, 0.4) is 0 Å². The van der Waals surface area contributed by atoms with Crippen LogP contribution in [0.1, 0.15) is 180 Å². The number of esters is 2. The Morgan fingerprint density at radius 2 is 1.52 bits per heavy atom. The van der Waals surface area contributed by atoms with Crippen LogP contribution < -0.4 is 0 Å². The predicted molar refractivity (Wildman–Crippen MR) is 260 cm³/mol. The zero-order chi connectivity index (χ0) is 46.4. The van der Waals surface area contributed by atoms with Crippen molar-refractivity contribution in [3.63, 3.8) is 0 Å². The first-order valence-electron chi connectivity index (χ1n) is 26.5. The molecule has 0 saturated heterocycles. The summed E-state index contributed by atoms with van der Waals surface area (Å²) in [7, 11) is 0. The SMILES string of the molecule is CC(=O)O[C@@H]1C[C@]2(C)C=C[C@@](O)(CC[C@H](C)CCCc3ccccc3)[C@@]3([C@H](O)CC[C@@](C)(C4CCC5(CC4)CC[C@@H](CC4(c6ccccc6)CCCCC4)C5)[C@H]13)[C@@]2(O)CCC1=CC(=O)OC1. The minimum Gasteiger partial charge on any atom is -0.462 e. The summed E-state index contributed by atoms with van der Waals surface area (Å²) in [5.74, 6) is 0.105. The van der Waals surface area contributed by atoms with E-state index in [0.29, 0.717) is 42.4 Å². The van der Waals surface area contributed by atoms with E-state index < -0.39 is 45.6 Å². The average Bonchev–Trinajstić information content (AvgIpc) is 3.91. The van der Waals surface area contributed by atoms with Crippen molar-refractivity contribution >= 4 is 11.9 Å². The molecule has 0 amide bonds. The fraction of sp³-hybridized carbons (Fsp3) is 0.695. The number of aliphatic hydroxyl groups excluding tert-OH is 1. The van der Waals surface area contributed by atoms with Gasteiger partial charge in [-0.3, -0.25) is 4.79 Å². The minimum absolute atomic E-state index is 0.191. The lowest BCUT2D eigenvalue weighted by Crippen LogP contribution is -2.83. The van der Waals surface area contributed by atoms with E-state index in [9.17, 15) is 24.9 Å². The maximum Gasteiger partial charge on any atom is 0.331 e. The highest BCUT2D eigenvalue weighted by Gasteiger charge is 2.81. The summed E-state index contributed by atoms with van der Waals surface area (Å²) in [5.41, 5.74) is -1.62. The van der Waals surface area contributed by atoms with E-state index in [0.717, 1.165) is 56.4 Å². The fourth-order valence-corrected chi connectivity index (χ4v) is 17.0. The summed E-state index contributed by atoms with van der Waals surface area (Å²) < 4.78 is 11.9.